The Morgan fingerprint density at radius 3 is 2.20 bits per heavy atom. The molecule has 4 nitrogen and oxygen atoms in total. The van der Waals surface area contributed by atoms with Crippen LogP contribution in [0.5, 0.6) is 0 Å². The number of rotatable bonds is 4. The molecule has 126 valence electrons. The van der Waals surface area contributed by atoms with E-state index in [-0.39, 0.29) is 5.91 Å². The first-order valence-electron chi connectivity index (χ1n) is 7.83. The molecular weight excluding hydrogens is 332 g/mol. The summed E-state index contributed by atoms with van der Waals surface area (Å²) in [5.74, 6) is -0.815. The summed E-state index contributed by atoms with van der Waals surface area (Å²) in [5, 5.41) is 3.30. The predicted octanol–water partition coefficient (Wildman–Crippen LogP) is 4.38. The van der Waals surface area contributed by atoms with E-state index >= 15 is 0 Å². The van der Waals surface area contributed by atoms with Gasteiger partial charge in [0.05, 0.1) is 5.56 Å². The van der Waals surface area contributed by atoms with Crippen LogP contribution in [0.3, 0.4) is 0 Å². The highest BCUT2D eigenvalue weighted by Gasteiger charge is 2.17. The van der Waals surface area contributed by atoms with Crippen molar-refractivity contribution in [2.45, 2.75) is 13.8 Å². The summed E-state index contributed by atoms with van der Waals surface area (Å²) in [7, 11) is 0. The van der Waals surface area contributed by atoms with Crippen molar-refractivity contribution in [1.29, 1.82) is 0 Å². The molecule has 0 unspecified atom stereocenters. The maximum absolute atomic E-state index is 12.6. The average Bonchev–Trinajstić information content (AvgIpc) is 2.99. The minimum Gasteiger partial charge on any atom is -0.366 e. The third-order valence-electron chi connectivity index (χ3n) is 3.77. The van der Waals surface area contributed by atoms with E-state index < -0.39 is 5.91 Å². The molecule has 2 amide bonds. The standard InChI is InChI=1S/C20H18N2O2S/c1-12-8-13(2)10-15(9-12)19(24)22-20-16(18(21)23)11-17(25-20)14-6-4-3-5-7-14/h3-11H,1-2H3,(H2,21,23)(H,22,24). The minimum atomic E-state index is -0.561. The molecule has 25 heavy (non-hydrogen) atoms. The van der Waals surface area contributed by atoms with E-state index in [9.17, 15) is 9.59 Å². The Morgan fingerprint density at radius 2 is 1.60 bits per heavy atom. The van der Waals surface area contributed by atoms with Gasteiger partial charge in [-0.2, -0.15) is 0 Å². The number of hydrogen-bond acceptors (Lipinski definition) is 3. The molecule has 1 aromatic heterocycles. The van der Waals surface area contributed by atoms with Gasteiger partial charge >= 0.3 is 0 Å². The summed E-state index contributed by atoms with van der Waals surface area (Å²) in [6.45, 7) is 3.88. The second-order valence-electron chi connectivity index (χ2n) is 5.91. The monoisotopic (exact) mass is 350 g/mol. The summed E-state index contributed by atoms with van der Waals surface area (Å²) >= 11 is 1.34. The summed E-state index contributed by atoms with van der Waals surface area (Å²) in [6, 6.07) is 17.0. The van der Waals surface area contributed by atoms with Crippen molar-refractivity contribution in [2.75, 3.05) is 5.32 Å². The largest absolute Gasteiger partial charge is 0.366 e. The fraction of sp³-hybridized carbons (Fsp3) is 0.100. The molecule has 0 fully saturated rings. The third-order valence-corrected chi connectivity index (χ3v) is 4.87. The molecule has 0 aliphatic rings. The van der Waals surface area contributed by atoms with Gasteiger partial charge in [-0.05, 0) is 37.6 Å². The molecule has 0 saturated carbocycles. The van der Waals surface area contributed by atoms with E-state index in [4.69, 9.17) is 5.73 Å². The Kier molecular flexibility index (Phi) is 4.67. The number of anilines is 1. The van der Waals surface area contributed by atoms with E-state index in [2.05, 4.69) is 5.32 Å². The van der Waals surface area contributed by atoms with Crippen molar-refractivity contribution in [1.82, 2.24) is 0 Å². The molecule has 3 aromatic rings. The lowest BCUT2D eigenvalue weighted by Gasteiger charge is -2.06. The van der Waals surface area contributed by atoms with Crippen LogP contribution in [-0.2, 0) is 0 Å². The summed E-state index contributed by atoms with van der Waals surface area (Å²) in [4.78, 5) is 25.2. The van der Waals surface area contributed by atoms with Gasteiger partial charge in [-0.25, -0.2) is 0 Å². The number of amides is 2. The summed E-state index contributed by atoms with van der Waals surface area (Å²) in [6.07, 6.45) is 0. The number of nitrogens with two attached hydrogens (primary N) is 1. The van der Waals surface area contributed by atoms with E-state index in [0.29, 0.717) is 16.1 Å². The molecule has 0 atom stereocenters. The van der Waals surface area contributed by atoms with E-state index in [1.165, 1.54) is 11.3 Å². The first kappa shape index (κ1) is 16.9. The zero-order chi connectivity index (χ0) is 18.0. The fourth-order valence-corrected chi connectivity index (χ4v) is 3.76. The lowest BCUT2D eigenvalue weighted by molar-refractivity contribution is 0.100. The molecule has 0 bridgehead atoms. The van der Waals surface area contributed by atoms with Crippen molar-refractivity contribution in [2.24, 2.45) is 5.73 Å². The Morgan fingerprint density at radius 1 is 0.960 bits per heavy atom. The van der Waals surface area contributed by atoms with Gasteiger partial charge in [0, 0.05) is 10.4 Å². The maximum atomic E-state index is 12.6. The van der Waals surface area contributed by atoms with Crippen LogP contribution in [0.2, 0.25) is 0 Å². The first-order chi connectivity index (χ1) is 11.9. The van der Waals surface area contributed by atoms with Crippen LogP contribution in [0.15, 0.2) is 54.6 Å². The zero-order valence-corrected chi connectivity index (χ0v) is 14.8. The lowest BCUT2D eigenvalue weighted by atomic mass is 10.1. The van der Waals surface area contributed by atoms with Gasteiger partial charge < -0.3 is 11.1 Å². The predicted molar refractivity (Wildman–Crippen MR) is 102 cm³/mol. The van der Waals surface area contributed by atoms with Crippen molar-refractivity contribution in [3.8, 4) is 10.4 Å². The van der Waals surface area contributed by atoms with Gasteiger partial charge in [0.2, 0.25) is 0 Å². The molecule has 0 aliphatic heterocycles. The first-order valence-corrected chi connectivity index (χ1v) is 8.64. The lowest BCUT2D eigenvalue weighted by Crippen LogP contribution is -2.16. The molecule has 0 saturated heterocycles. The van der Waals surface area contributed by atoms with Crippen LogP contribution < -0.4 is 11.1 Å². The van der Waals surface area contributed by atoms with Crippen molar-refractivity contribution in [3.05, 3.63) is 76.9 Å². The molecule has 1 heterocycles. The van der Waals surface area contributed by atoms with E-state index in [1.54, 1.807) is 6.07 Å². The zero-order valence-electron chi connectivity index (χ0n) is 14.0. The van der Waals surface area contributed by atoms with Crippen LogP contribution in [0, 0.1) is 13.8 Å². The molecular formula is C20H18N2O2S. The SMILES string of the molecule is Cc1cc(C)cc(C(=O)Nc2sc(-c3ccccc3)cc2C(N)=O)c1. The highest BCUT2D eigenvalue weighted by molar-refractivity contribution is 7.20. The highest BCUT2D eigenvalue weighted by atomic mass is 32.1. The number of benzene rings is 2. The minimum absolute atomic E-state index is 0.254. The Hall–Kier alpha value is -2.92. The van der Waals surface area contributed by atoms with E-state index in [0.717, 1.165) is 21.6 Å². The normalized spacial score (nSPS) is 10.5. The number of aryl methyl sites for hydroxylation is 2. The van der Waals surface area contributed by atoms with Crippen LogP contribution in [0.25, 0.3) is 10.4 Å². The second kappa shape index (κ2) is 6.91. The molecule has 2 aromatic carbocycles. The maximum Gasteiger partial charge on any atom is 0.256 e. The van der Waals surface area contributed by atoms with Gasteiger partial charge in [0.1, 0.15) is 5.00 Å². The highest BCUT2D eigenvalue weighted by Crippen LogP contribution is 2.35. The number of nitrogens with one attached hydrogen (secondary N) is 1. The van der Waals surface area contributed by atoms with Crippen LogP contribution in [-0.4, -0.2) is 11.8 Å². The van der Waals surface area contributed by atoms with Crippen molar-refractivity contribution in [3.63, 3.8) is 0 Å². The Balaban J connectivity index is 1.95. The molecule has 0 radical (unpaired) electrons. The number of thiophene rings is 1. The van der Waals surface area contributed by atoms with Crippen LogP contribution >= 0.6 is 11.3 Å². The molecule has 3 N–H and O–H groups in total. The molecule has 0 aliphatic carbocycles. The van der Waals surface area contributed by atoms with E-state index in [1.807, 2.05) is 62.4 Å². The quantitative estimate of drug-likeness (QED) is 0.733. The topological polar surface area (TPSA) is 72.2 Å². The molecule has 3 rings (SSSR count). The van der Waals surface area contributed by atoms with Crippen molar-refractivity contribution >= 4 is 28.2 Å². The number of carbonyl (C=O) groups is 2. The number of hydrogen-bond donors (Lipinski definition) is 2. The fourth-order valence-electron chi connectivity index (χ4n) is 2.69. The van der Waals surface area contributed by atoms with Gasteiger partial charge in [0.15, 0.2) is 0 Å². The van der Waals surface area contributed by atoms with Gasteiger partial charge in [-0.3, -0.25) is 9.59 Å². The van der Waals surface area contributed by atoms with Gasteiger partial charge in [-0.1, -0.05) is 47.5 Å². The second-order valence-corrected chi connectivity index (χ2v) is 6.97. The average molecular weight is 350 g/mol. The smallest absolute Gasteiger partial charge is 0.256 e. The van der Waals surface area contributed by atoms with Gasteiger partial charge in [-0.15, -0.1) is 11.3 Å². The number of primary amides is 1. The molecule has 5 heteroatoms. The van der Waals surface area contributed by atoms with Crippen LogP contribution in [0.1, 0.15) is 31.8 Å². The summed E-state index contributed by atoms with van der Waals surface area (Å²) in [5.41, 5.74) is 9.36. The van der Waals surface area contributed by atoms with Gasteiger partial charge in [0.25, 0.3) is 11.8 Å². The number of carbonyl (C=O) groups excluding carboxylic acids is 2. The summed E-state index contributed by atoms with van der Waals surface area (Å²) < 4.78 is 0. The van der Waals surface area contributed by atoms with Crippen LogP contribution in [0.4, 0.5) is 5.00 Å². The Labute approximate surface area is 150 Å². The van der Waals surface area contributed by atoms with Crippen molar-refractivity contribution < 1.29 is 9.59 Å². The third kappa shape index (κ3) is 3.78. The molecule has 0 spiro atoms. The Bertz CT molecular complexity index is 925.